The fourth-order valence-corrected chi connectivity index (χ4v) is 4.18. The SMILES string of the molecule is CC(C)Cc1ccc(C(C)C(=O)O)cc1.CN1CCOC(c2ccccc2)c2ccccc2C1.Cl. The Balaban J connectivity index is 0.000000247. The highest BCUT2D eigenvalue weighted by Gasteiger charge is 2.20. The summed E-state index contributed by atoms with van der Waals surface area (Å²) in [5.41, 5.74) is 6.03. The number of carbonyl (C=O) groups is 1. The second-order valence-corrected chi connectivity index (χ2v) is 9.50. The molecule has 4 rings (SSSR count). The number of rotatable bonds is 5. The Kier molecular flexibility index (Phi) is 11.5. The van der Waals surface area contributed by atoms with E-state index in [2.05, 4.69) is 74.3 Å². The summed E-state index contributed by atoms with van der Waals surface area (Å²) in [6.45, 7) is 8.78. The largest absolute Gasteiger partial charge is 0.481 e. The molecule has 0 bridgehead atoms. The van der Waals surface area contributed by atoms with Crippen LogP contribution in [0.1, 0.15) is 60.6 Å². The number of aliphatic carboxylic acids is 1. The monoisotopic (exact) mass is 495 g/mol. The number of halogens is 1. The van der Waals surface area contributed by atoms with Gasteiger partial charge in [0.15, 0.2) is 0 Å². The van der Waals surface area contributed by atoms with E-state index >= 15 is 0 Å². The van der Waals surface area contributed by atoms with Crippen LogP contribution in [-0.2, 0) is 22.5 Å². The Hall–Kier alpha value is -2.66. The van der Waals surface area contributed by atoms with Crippen LogP contribution in [0.25, 0.3) is 0 Å². The van der Waals surface area contributed by atoms with Crippen LogP contribution in [0.4, 0.5) is 0 Å². The zero-order valence-corrected chi connectivity index (χ0v) is 22.0. The number of likely N-dealkylation sites (N-methyl/N-ethyl adjacent to an activating group) is 1. The molecule has 1 aliphatic heterocycles. The third-order valence-corrected chi connectivity index (χ3v) is 6.13. The van der Waals surface area contributed by atoms with Crippen molar-refractivity contribution in [3.05, 3.63) is 107 Å². The van der Waals surface area contributed by atoms with E-state index < -0.39 is 11.9 Å². The normalized spacial score (nSPS) is 16.5. The second-order valence-electron chi connectivity index (χ2n) is 9.50. The second kappa shape index (κ2) is 14.0. The maximum Gasteiger partial charge on any atom is 0.310 e. The Morgan fingerprint density at radius 1 is 0.971 bits per heavy atom. The first-order valence-electron chi connectivity index (χ1n) is 12.1. The summed E-state index contributed by atoms with van der Waals surface area (Å²) >= 11 is 0. The van der Waals surface area contributed by atoms with Crippen LogP contribution in [-0.4, -0.2) is 36.2 Å². The van der Waals surface area contributed by atoms with Gasteiger partial charge in [-0.05, 0) is 54.1 Å². The van der Waals surface area contributed by atoms with Crippen LogP contribution in [0.15, 0.2) is 78.9 Å². The molecule has 188 valence electrons. The third kappa shape index (κ3) is 8.50. The highest BCUT2D eigenvalue weighted by atomic mass is 35.5. The molecule has 0 aromatic heterocycles. The molecule has 2 unspecified atom stereocenters. The summed E-state index contributed by atoms with van der Waals surface area (Å²) in [6, 6.07) is 27.0. The minimum Gasteiger partial charge on any atom is -0.481 e. The molecule has 0 spiro atoms. The van der Waals surface area contributed by atoms with Crippen molar-refractivity contribution < 1.29 is 14.6 Å². The Morgan fingerprint density at radius 2 is 1.60 bits per heavy atom. The first-order valence-corrected chi connectivity index (χ1v) is 12.1. The Labute approximate surface area is 216 Å². The van der Waals surface area contributed by atoms with E-state index in [1.807, 2.05) is 30.3 Å². The van der Waals surface area contributed by atoms with Gasteiger partial charge >= 0.3 is 5.97 Å². The van der Waals surface area contributed by atoms with Crippen molar-refractivity contribution in [2.24, 2.45) is 5.92 Å². The standard InChI is InChI=1S/C17H19NO.C13H18O2.ClH/c1-18-11-12-19-17(14-7-3-2-4-8-14)16-10-6-5-9-15(16)13-18;1-9(2)8-11-4-6-12(7-5-11)10(3)13(14)15;/h2-10,17H,11-13H2,1H3;4-7,9-10H,8H2,1-3H3,(H,14,15);1H. The summed E-state index contributed by atoms with van der Waals surface area (Å²) < 4.78 is 6.12. The summed E-state index contributed by atoms with van der Waals surface area (Å²) in [6.07, 6.45) is 1.10. The van der Waals surface area contributed by atoms with E-state index in [4.69, 9.17) is 9.84 Å². The Morgan fingerprint density at radius 3 is 2.23 bits per heavy atom. The zero-order chi connectivity index (χ0) is 24.5. The highest BCUT2D eigenvalue weighted by molar-refractivity contribution is 5.85. The molecular weight excluding hydrogens is 458 g/mol. The van der Waals surface area contributed by atoms with Gasteiger partial charge in [0.05, 0.1) is 12.5 Å². The van der Waals surface area contributed by atoms with Crippen LogP contribution in [0.3, 0.4) is 0 Å². The van der Waals surface area contributed by atoms with Gasteiger partial charge in [-0.15, -0.1) is 12.4 Å². The van der Waals surface area contributed by atoms with Crippen molar-refractivity contribution >= 4 is 18.4 Å². The number of ether oxygens (including phenoxy) is 1. The van der Waals surface area contributed by atoms with Crippen LogP contribution in [0.2, 0.25) is 0 Å². The summed E-state index contributed by atoms with van der Waals surface area (Å²) in [5.74, 6) is -0.558. The lowest BCUT2D eigenvalue weighted by molar-refractivity contribution is -0.138. The zero-order valence-electron chi connectivity index (χ0n) is 21.2. The topological polar surface area (TPSA) is 49.8 Å². The van der Waals surface area contributed by atoms with Gasteiger partial charge in [0.1, 0.15) is 6.10 Å². The van der Waals surface area contributed by atoms with E-state index in [0.717, 1.165) is 31.7 Å². The van der Waals surface area contributed by atoms with Gasteiger partial charge in [0, 0.05) is 13.1 Å². The highest BCUT2D eigenvalue weighted by Crippen LogP contribution is 2.30. The fourth-order valence-electron chi connectivity index (χ4n) is 4.18. The molecule has 1 aliphatic rings. The van der Waals surface area contributed by atoms with Crippen LogP contribution in [0.5, 0.6) is 0 Å². The molecular formula is C30H38ClNO3. The molecule has 35 heavy (non-hydrogen) atoms. The summed E-state index contributed by atoms with van der Waals surface area (Å²) in [5, 5.41) is 8.85. The van der Waals surface area contributed by atoms with E-state index in [1.54, 1.807) is 6.92 Å². The molecule has 5 heteroatoms. The maximum atomic E-state index is 10.8. The van der Waals surface area contributed by atoms with E-state index in [1.165, 1.54) is 22.3 Å². The number of nitrogens with zero attached hydrogens (tertiary/aromatic N) is 1. The lowest BCUT2D eigenvalue weighted by Gasteiger charge is -2.28. The minimum absolute atomic E-state index is 0. The van der Waals surface area contributed by atoms with Gasteiger partial charge in [-0.2, -0.15) is 0 Å². The first-order chi connectivity index (χ1) is 16.3. The maximum absolute atomic E-state index is 10.8. The molecule has 1 heterocycles. The molecule has 0 saturated carbocycles. The third-order valence-electron chi connectivity index (χ3n) is 6.13. The number of carboxylic acid groups (broad SMARTS) is 1. The summed E-state index contributed by atoms with van der Waals surface area (Å²) in [7, 11) is 2.14. The molecule has 3 aromatic rings. The molecule has 0 fully saturated rings. The first kappa shape index (κ1) is 28.6. The van der Waals surface area contributed by atoms with Crippen molar-refractivity contribution in [2.45, 2.75) is 45.8 Å². The number of fused-ring (bicyclic) bond motifs is 1. The van der Waals surface area contributed by atoms with E-state index in [-0.39, 0.29) is 18.5 Å². The number of benzene rings is 3. The van der Waals surface area contributed by atoms with Crippen LogP contribution >= 0.6 is 12.4 Å². The average molecular weight is 496 g/mol. The molecule has 3 aromatic carbocycles. The molecule has 0 saturated heterocycles. The molecule has 2 atom stereocenters. The van der Waals surface area contributed by atoms with Gasteiger partial charge in [-0.1, -0.05) is 92.7 Å². The van der Waals surface area contributed by atoms with Crippen molar-refractivity contribution in [3.63, 3.8) is 0 Å². The minimum atomic E-state index is -0.772. The number of carboxylic acids is 1. The lowest BCUT2D eigenvalue weighted by Crippen LogP contribution is -2.27. The Bertz CT molecular complexity index is 1040. The van der Waals surface area contributed by atoms with Gasteiger partial charge < -0.3 is 9.84 Å². The number of hydrogen-bond donors (Lipinski definition) is 1. The molecule has 1 N–H and O–H groups in total. The van der Waals surface area contributed by atoms with Crippen LogP contribution in [0, 0.1) is 5.92 Å². The van der Waals surface area contributed by atoms with Gasteiger partial charge in [0.2, 0.25) is 0 Å². The molecule has 0 aliphatic carbocycles. The molecule has 4 nitrogen and oxygen atoms in total. The van der Waals surface area contributed by atoms with Crippen molar-refractivity contribution in [1.29, 1.82) is 0 Å². The number of hydrogen-bond acceptors (Lipinski definition) is 3. The smallest absolute Gasteiger partial charge is 0.310 e. The van der Waals surface area contributed by atoms with Crippen molar-refractivity contribution in [3.8, 4) is 0 Å². The molecule has 0 amide bonds. The van der Waals surface area contributed by atoms with Crippen molar-refractivity contribution in [1.82, 2.24) is 4.90 Å². The van der Waals surface area contributed by atoms with Gasteiger partial charge in [-0.25, -0.2) is 0 Å². The average Bonchev–Trinajstić information content (AvgIpc) is 2.82. The van der Waals surface area contributed by atoms with Crippen molar-refractivity contribution in [2.75, 3.05) is 20.2 Å². The van der Waals surface area contributed by atoms with Gasteiger partial charge in [0.25, 0.3) is 0 Å². The predicted molar refractivity (Wildman–Crippen MR) is 145 cm³/mol. The van der Waals surface area contributed by atoms with Crippen LogP contribution < -0.4 is 0 Å². The lowest BCUT2D eigenvalue weighted by atomic mass is 9.96. The fraction of sp³-hybridized carbons (Fsp3) is 0.367. The van der Waals surface area contributed by atoms with Gasteiger partial charge in [-0.3, -0.25) is 9.69 Å². The van der Waals surface area contributed by atoms with E-state index in [0.29, 0.717) is 5.92 Å². The summed E-state index contributed by atoms with van der Waals surface area (Å²) in [4.78, 5) is 13.1. The molecule has 0 radical (unpaired) electrons. The quantitative estimate of drug-likeness (QED) is 0.426. The van der Waals surface area contributed by atoms with E-state index in [9.17, 15) is 4.79 Å². The predicted octanol–water partition coefficient (Wildman–Crippen LogP) is 6.73.